The Morgan fingerprint density at radius 1 is 0.862 bits per heavy atom. The summed E-state index contributed by atoms with van der Waals surface area (Å²) in [4.78, 5) is 25.3. The molecule has 0 bridgehead atoms. The molecular formula is C23H23N5O. The number of para-hydroxylation sites is 1. The smallest absolute Gasteiger partial charge is 0.249 e. The second-order valence-corrected chi connectivity index (χ2v) is 6.80. The molecule has 2 heterocycles. The fourth-order valence-corrected chi connectivity index (χ4v) is 3.32. The zero-order valence-electron chi connectivity index (χ0n) is 16.1. The Morgan fingerprint density at radius 3 is 2.24 bits per heavy atom. The number of nitrogens with zero attached hydrogens (tertiary/aromatic N) is 4. The summed E-state index contributed by atoms with van der Waals surface area (Å²) in [5.74, 6) is 1.12. The van der Waals surface area contributed by atoms with Crippen molar-refractivity contribution in [2.75, 3.05) is 41.3 Å². The van der Waals surface area contributed by atoms with E-state index in [1.807, 2.05) is 42.5 Å². The SMILES string of the molecule is O=C(/C=C/c1ccccc1)Nc1cc(N2CCN(c3ccccc3)CC2)ncn1. The maximum atomic E-state index is 12.2. The number of aromatic nitrogens is 2. The van der Waals surface area contributed by atoms with Crippen molar-refractivity contribution in [2.45, 2.75) is 0 Å². The van der Waals surface area contributed by atoms with Gasteiger partial charge in [0.2, 0.25) is 5.91 Å². The molecule has 1 amide bonds. The monoisotopic (exact) mass is 385 g/mol. The summed E-state index contributed by atoms with van der Waals surface area (Å²) in [6, 6.07) is 22.0. The minimum Gasteiger partial charge on any atom is -0.368 e. The van der Waals surface area contributed by atoms with E-state index in [4.69, 9.17) is 0 Å². The Labute approximate surface area is 170 Å². The van der Waals surface area contributed by atoms with E-state index in [0.29, 0.717) is 5.82 Å². The van der Waals surface area contributed by atoms with E-state index in [1.54, 1.807) is 6.08 Å². The lowest BCUT2D eigenvalue weighted by Crippen LogP contribution is -2.46. The molecular weight excluding hydrogens is 362 g/mol. The van der Waals surface area contributed by atoms with Gasteiger partial charge in [0.15, 0.2) is 0 Å². The van der Waals surface area contributed by atoms with E-state index in [9.17, 15) is 4.79 Å². The minimum absolute atomic E-state index is 0.215. The van der Waals surface area contributed by atoms with Gasteiger partial charge in [0, 0.05) is 44.0 Å². The second-order valence-electron chi connectivity index (χ2n) is 6.80. The molecule has 1 fully saturated rings. The highest BCUT2D eigenvalue weighted by Crippen LogP contribution is 2.20. The second kappa shape index (κ2) is 9.01. The van der Waals surface area contributed by atoms with Gasteiger partial charge in [-0.3, -0.25) is 4.79 Å². The standard InChI is InChI=1S/C23H23N5O/c29-23(12-11-19-7-3-1-4-8-19)26-21-17-22(25-18-24-21)28-15-13-27(14-16-28)20-9-5-2-6-10-20/h1-12,17-18H,13-16H2,(H,24,25,26,29)/b12-11+. The van der Waals surface area contributed by atoms with Gasteiger partial charge >= 0.3 is 0 Å². The lowest BCUT2D eigenvalue weighted by Gasteiger charge is -2.36. The third kappa shape index (κ3) is 4.99. The van der Waals surface area contributed by atoms with Gasteiger partial charge in [0.25, 0.3) is 0 Å². The highest BCUT2D eigenvalue weighted by molar-refractivity contribution is 6.01. The molecule has 6 heteroatoms. The number of carbonyl (C=O) groups excluding carboxylic acids is 1. The number of benzene rings is 2. The summed E-state index contributed by atoms with van der Waals surface area (Å²) in [6.45, 7) is 3.59. The van der Waals surface area contributed by atoms with Crippen molar-refractivity contribution in [3.8, 4) is 0 Å². The van der Waals surface area contributed by atoms with Crippen LogP contribution in [-0.2, 0) is 4.79 Å². The Bertz CT molecular complexity index is 967. The Hall–Kier alpha value is -3.67. The van der Waals surface area contributed by atoms with E-state index in [2.05, 4.69) is 49.4 Å². The van der Waals surface area contributed by atoms with Gasteiger partial charge in [-0.15, -0.1) is 0 Å². The number of hydrogen-bond acceptors (Lipinski definition) is 5. The van der Waals surface area contributed by atoms with E-state index in [0.717, 1.165) is 37.6 Å². The molecule has 146 valence electrons. The summed E-state index contributed by atoms with van der Waals surface area (Å²) in [5.41, 5.74) is 2.22. The van der Waals surface area contributed by atoms with Crippen LogP contribution in [0, 0.1) is 0 Å². The summed E-state index contributed by atoms with van der Waals surface area (Å²) >= 11 is 0. The van der Waals surface area contributed by atoms with Crippen molar-refractivity contribution in [2.24, 2.45) is 0 Å². The number of carbonyl (C=O) groups is 1. The molecule has 1 aliphatic heterocycles. The predicted octanol–water partition coefficient (Wildman–Crippen LogP) is 3.46. The normalized spacial score (nSPS) is 14.2. The molecule has 1 saturated heterocycles. The van der Waals surface area contributed by atoms with E-state index in [1.165, 1.54) is 18.1 Å². The summed E-state index contributed by atoms with van der Waals surface area (Å²) in [5, 5.41) is 2.81. The maximum absolute atomic E-state index is 12.2. The van der Waals surface area contributed by atoms with Crippen molar-refractivity contribution < 1.29 is 4.79 Å². The number of rotatable bonds is 5. The third-order valence-electron chi connectivity index (χ3n) is 4.86. The Balaban J connectivity index is 1.35. The van der Waals surface area contributed by atoms with Crippen LogP contribution in [0.25, 0.3) is 6.08 Å². The molecule has 0 atom stereocenters. The topological polar surface area (TPSA) is 61.4 Å². The van der Waals surface area contributed by atoms with Gasteiger partial charge in [-0.1, -0.05) is 48.5 Å². The molecule has 0 saturated carbocycles. The predicted molar refractivity (Wildman–Crippen MR) is 117 cm³/mol. The lowest BCUT2D eigenvalue weighted by atomic mass is 10.2. The summed E-state index contributed by atoms with van der Waals surface area (Å²) in [6.07, 6.45) is 4.78. The molecule has 2 aromatic carbocycles. The number of hydrogen-bond donors (Lipinski definition) is 1. The number of piperazine rings is 1. The minimum atomic E-state index is -0.215. The molecule has 6 nitrogen and oxygen atoms in total. The number of nitrogens with one attached hydrogen (secondary N) is 1. The molecule has 0 unspecified atom stereocenters. The van der Waals surface area contributed by atoms with Gasteiger partial charge in [0.05, 0.1) is 0 Å². The zero-order chi connectivity index (χ0) is 19.9. The molecule has 29 heavy (non-hydrogen) atoms. The van der Waals surface area contributed by atoms with Crippen LogP contribution in [0.3, 0.4) is 0 Å². The van der Waals surface area contributed by atoms with Crippen LogP contribution in [0.1, 0.15) is 5.56 Å². The molecule has 1 aliphatic rings. The number of amides is 1. The van der Waals surface area contributed by atoms with Crippen LogP contribution in [0.2, 0.25) is 0 Å². The van der Waals surface area contributed by atoms with Crippen molar-refractivity contribution in [1.82, 2.24) is 9.97 Å². The summed E-state index contributed by atoms with van der Waals surface area (Å²) in [7, 11) is 0. The molecule has 0 aliphatic carbocycles. The van der Waals surface area contributed by atoms with Crippen molar-refractivity contribution in [3.05, 3.63) is 84.7 Å². The van der Waals surface area contributed by atoms with Crippen molar-refractivity contribution in [1.29, 1.82) is 0 Å². The highest BCUT2D eigenvalue weighted by Gasteiger charge is 2.18. The van der Waals surface area contributed by atoms with Crippen molar-refractivity contribution in [3.63, 3.8) is 0 Å². The van der Waals surface area contributed by atoms with Crippen LogP contribution in [0.4, 0.5) is 17.3 Å². The van der Waals surface area contributed by atoms with Gasteiger partial charge in [-0.25, -0.2) is 9.97 Å². The van der Waals surface area contributed by atoms with E-state index in [-0.39, 0.29) is 5.91 Å². The Kier molecular flexibility index (Phi) is 5.81. The fourth-order valence-electron chi connectivity index (χ4n) is 3.32. The average molecular weight is 385 g/mol. The van der Waals surface area contributed by atoms with Crippen LogP contribution in [0.15, 0.2) is 79.1 Å². The van der Waals surface area contributed by atoms with Gasteiger partial charge in [0.1, 0.15) is 18.0 Å². The first-order chi connectivity index (χ1) is 14.3. The summed E-state index contributed by atoms with van der Waals surface area (Å²) < 4.78 is 0. The highest BCUT2D eigenvalue weighted by atomic mass is 16.1. The number of anilines is 3. The third-order valence-corrected chi connectivity index (χ3v) is 4.86. The largest absolute Gasteiger partial charge is 0.368 e. The molecule has 1 aromatic heterocycles. The fraction of sp³-hybridized carbons (Fsp3) is 0.174. The van der Waals surface area contributed by atoms with Crippen LogP contribution in [0.5, 0.6) is 0 Å². The maximum Gasteiger partial charge on any atom is 0.249 e. The van der Waals surface area contributed by atoms with Gasteiger partial charge < -0.3 is 15.1 Å². The van der Waals surface area contributed by atoms with Crippen LogP contribution in [-0.4, -0.2) is 42.1 Å². The first kappa shape index (κ1) is 18.7. The average Bonchev–Trinajstić information content (AvgIpc) is 2.79. The molecule has 0 spiro atoms. The quantitative estimate of drug-likeness (QED) is 0.682. The molecule has 4 rings (SSSR count). The van der Waals surface area contributed by atoms with E-state index < -0.39 is 0 Å². The van der Waals surface area contributed by atoms with Gasteiger partial charge in [-0.2, -0.15) is 0 Å². The molecule has 0 radical (unpaired) electrons. The molecule has 3 aromatic rings. The van der Waals surface area contributed by atoms with Crippen molar-refractivity contribution >= 4 is 29.3 Å². The van der Waals surface area contributed by atoms with E-state index >= 15 is 0 Å². The molecule has 1 N–H and O–H groups in total. The lowest BCUT2D eigenvalue weighted by molar-refractivity contribution is -0.111. The Morgan fingerprint density at radius 2 is 1.52 bits per heavy atom. The van der Waals surface area contributed by atoms with Gasteiger partial charge in [-0.05, 0) is 23.8 Å². The van der Waals surface area contributed by atoms with Crippen LogP contribution >= 0.6 is 0 Å². The van der Waals surface area contributed by atoms with Crippen LogP contribution < -0.4 is 15.1 Å². The zero-order valence-corrected chi connectivity index (χ0v) is 16.1. The first-order valence-electron chi connectivity index (χ1n) is 9.69. The first-order valence-corrected chi connectivity index (χ1v) is 9.69.